The maximum atomic E-state index is 13.1. The lowest BCUT2D eigenvalue weighted by atomic mass is 10.1. The number of rotatable bonds is 12. The number of hydrogen-bond acceptors (Lipinski definition) is 4. The molecule has 0 saturated carbocycles. The van der Waals surface area contributed by atoms with E-state index in [2.05, 4.69) is 10.3 Å². The number of allylic oxidation sites excluding steroid dienone is 1. The van der Waals surface area contributed by atoms with E-state index in [0.29, 0.717) is 53.1 Å². The molecular weight excluding hydrogens is 478 g/mol. The number of carbonyl (C=O) groups excluding carboxylic acids is 2. The van der Waals surface area contributed by atoms with Crippen molar-refractivity contribution in [1.29, 1.82) is 0 Å². The number of aliphatic imine (C=N–C) groups is 1. The van der Waals surface area contributed by atoms with Crippen molar-refractivity contribution in [2.75, 3.05) is 19.6 Å². The number of nitrogens with one attached hydrogen (secondary N) is 1. The van der Waals surface area contributed by atoms with Crippen molar-refractivity contribution in [2.24, 2.45) is 10.7 Å². The zero-order valence-electron chi connectivity index (χ0n) is 19.3. The van der Waals surface area contributed by atoms with Crippen LogP contribution in [-0.4, -0.2) is 42.6 Å². The van der Waals surface area contributed by atoms with Crippen LogP contribution in [-0.2, 0) is 11.3 Å². The molecule has 182 valence electrons. The predicted molar refractivity (Wildman–Crippen MR) is 136 cm³/mol. The molecule has 0 saturated heterocycles. The number of nitrogens with two attached hydrogens (primary N) is 1. The van der Waals surface area contributed by atoms with E-state index in [4.69, 9.17) is 28.9 Å². The van der Waals surface area contributed by atoms with Crippen LogP contribution < -0.4 is 11.1 Å². The van der Waals surface area contributed by atoms with E-state index in [0.717, 1.165) is 24.0 Å². The van der Waals surface area contributed by atoms with E-state index in [1.54, 1.807) is 29.2 Å². The predicted octanol–water partition coefficient (Wildman–Crippen LogP) is 4.99. The first kappa shape index (κ1) is 27.3. The number of halogens is 3. The number of hydrogen-bond donors (Lipinski definition) is 2. The molecule has 3 N–H and O–H groups in total. The van der Waals surface area contributed by atoms with Crippen LogP contribution in [0.2, 0.25) is 10.0 Å². The first-order valence-corrected chi connectivity index (χ1v) is 11.7. The van der Waals surface area contributed by atoms with Gasteiger partial charge in [0.2, 0.25) is 6.41 Å². The highest BCUT2D eigenvalue weighted by Crippen LogP contribution is 2.22. The van der Waals surface area contributed by atoms with Crippen LogP contribution in [0.25, 0.3) is 0 Å². The second-order valence-electron chi connectivity index (χ2n) is 7.73. The average Bonchev–Trinajstić information content (AvgIpc) is 2.81. The summed E-state index contributed by atoms with van der Waals surface area (Å²) in [5.74, 6) is -0.628. The molecule has 2 rings (SSSR count). The maximum absolute atomic E-state index is 13.1. The smallest absolute Gasteiger partial charge is 0.251 e. The lowest BCUT2D eigenvalue weighted by Gasteiger charge is -2.17. The molecule has 0 fully saturated rings. The Balaban J connectivity index is 2.03. The van der Waals surface area contributed by atoms with E-state index >= 15 is 0 Å². The van der Waals surface area contributed by atoms with E-state index in [1.165, 1.54) is 18.2 Å². The fourth-order valence-corrected chi connectivity index (χ4v) is 3.54. The third-order valence-corrected chi connectivity index (χ3v) is 5.87. The summed E-state index contributed by atoms with van der Waals surface area (Å²) >= 11 is 11.9. The van der Waals surface area contributed by atoms with Crippen LogP contribution in [0.15, 0.2) is 58.7 Å². The summed E-state index contributed by atoms with van der Waals surface area (Å²) in [4.78, 5) is 30.2. The summed E-state index contributed by atoms with van der Waals surface area (Å²) in [5.41, 5.74) is 9.58. The van der Waals surface area contributed by atoms with Crippen molar-refractivity contribution in [3.63, 3.8) is 0 Å². The zero-order valence-corrected chi connectivity index (χ0v) is 20.8. The van der Waals surface area contributed by atoms with Crippen LogP contribution in [0.4, 0.5) is 4.39 Å². The number of benzene rings is 2. The number of carbonyl (C=O) groups is 2. The molecule has 0 aliphatic carbocycles. The first-order chi connectivity index (χ1) is 16.2. The molecular formula is C25H29Cl2FN4O2. The van der Waals surface area contributed by atoms with Crippen LogP contribution in [0.1, 0.15) is 42.6 Å². The Labute approximate surface area is 209 Å². The maximum Gasteiger partial charge on any atom is 0.251 e. The average molecular weight is 507 g/mol. The van der Waals surface area contributed by atoms with Crippen LogP contribution in [0, 0.1) is 5.82 Å². The van der Waals surface area contributed by atoms with Gasteiger partial charge in [-0.15, -0.1) is 0 Å². The van der Waals surface area contributed by atoms with Gasteiger partial charge < -0.3 is 16.0 Å². The van der Waals surface area contributed by atoms with Gasteiger partial charge in [0.15, 0.2) is 0 Å². The largest absolute Gasteiger partial charge is 0.402 e. The molecule has 2 aromatic carbocycles. The normalized spacial score (nSPS) is 12.2. The minimum absolute atomic E-state index is 0.202. The van der Waals surface area contributed by atoms with E-state index in [9.17, 15) is 14.0 Å². The lowest BCUT2D eigenvalue weighted by Crippen LogP contribution is -2.29. The molecule has 0 atom stereocenters. The summed E-state index contributed by atoms with van der Waals surface area (Å²) in [5, 5.41) is 3.53. The fraction of sp³-hybridized carbons (Fsp3) is 0.320. The number of amides is 2. The zero-order chi connectivity index (χ0) is 25.1. The van der Waals surface area contributed by atoms with Gasteiger partial charge in [0.05, 0.1) is 16.6 Å². The Bertz CT molecular complexity index is 1060. The highest BCUT2D eigenvalue weighted by atomic mass is 35.5. The van der Waals surface area contributed by atoms with E-state index < -0.39 is 0 Å². The van der Waals surface area contributed by atoms with Crippen LogP contribution >= 0.6 is 23.2 Å². The second kappa shape index (κ2) is 13.7. The minimum atomic E-state index is -0.322. The molecule has 0 bridgehead atoms. The van der Waals surface area contributed by atoms with Crippen LogP contribution in [0.5, 0.6) is 0 Å². The topological polar surface area (TPSA) is 87.8 Å². The van der Waals surface area contributed by atoms with Gasteiger partial charge in [-0.3, -0.25) is 14.6 Å². The Hall–Kier alpha value is -2.90. The van der Waals surface area contributed by atoms with E-state index in [1.807, 2.05) is 13.8 Å². The Morgan fingerprint density at radius 1 is 1.18 bits per heavy atom. The third kappa shape index (κ3) is 8.47. The van der Waals surface area contributed by atoms with Gasteiger partial charge in [-0.1, -0.05) is 48.7 Å². The molecule has 0 aliphatic rings. The second-order valence-corrected chi connectivity index (χ2v) is 8.55. The molecule has 34 heavy (non-hydrogen) atoms. The molecule has 0 heterocycles. The fourth-order valence-electron chi connectivity index (χ4n) is 3.24. The molecule has 2 aromatic rings. The van der Waals surface area contributed by atoms with Gasteiger partial charge in [-0.05, 0) is 49.2 Å². The highest BCUT2D eigenvalue weighted by molar-refractivity contribution is 6.42. The quantitative estimate of drug-likeness (QED) is 0.313. The summed E-state index contributed by atoms with van der Waals surface area (Å²) in [7, 11) is 0. The Morgan fingerprint density at radius 3 is 2.50 bits per heavy atom. The monoisotopic (exact) mass is 506 g/mol. The van der Waals surface area contributed by atoms with Gasteiger partial charge in [0.25, 0.3) is 5.91 Å². The van der Waals surface area contributed by atoms with Gasteiger partial charge in [-0.25, -0.2) is 4.39 Å². The Kier molecular flexibility index (Phi) is 11.0. The van der Waals surface area contributed by atoms with Gasteiger partial charge in [0.1, 0.15) is 5.82 Å². The summed E-state index contributed by atoms with van der Waals surface area (Å²) in [6.45, 7) is 5.15. The summed E-state index contributed by atoms with van der Waals surface area (Å²) < 4.78 is 13.1. The molecule has 0 aliphatic heterocycles. The Morgan fingerprint density at radius 2 is 1.88 bits per heavy atom. The first-order valence-electron chi connectivity index (χ1n) is 10.9. The van der Waals surface area contributed by atoms with Crippen molar-refractivity contribution >= 4 is 41.2 Å². The molecule has 0 unspecified atom stereocenters. The summed E-state index contributed by atoms with van der Waals surface area (Å²) in [6, 6.07) is 10.7. The third-order valence-electron chi connectivity index (χ3n) is 5.14. The number of nitrogens with zero attached hydrogens (tertiary/aromatic N) is 2. The van der Waals surface area contributed by atoms with Crippen molar-refractivity contribution in [2.45, 2.75) is 33.2 Å². The van der Waals surface area contributed by atoms with Crippen LogP contribution in [0.3, 0.4) is 0 Å². The highest BCUT2D eigenvalue weighted by Gasteiger charge is 2.13. The van der Waals surface area contributed by atoms with Gasteiger partial charge >= 0.3 is 0 Å². The lowest BCUT2D eigenvalue weighted by molar-refractivity contribution is -0.118. The SMILES string of the molecule is CCCC(N)=C(CNC(=O)c1ccc(Cl)c(Cl)c1)C(C)=NCCN(C=O)Cc1ccc(F)cc1. The molecule has 0 radical (unpaired) electrons. The van der Waals surface area contributed by atoms with E-state index in [-0.39, 0.29) is 18.3 Å². The van der Waals surface area contributed by atoms with Crippen molar-refractivity contribution in [3.8, 4) is 0 Å². The van der Waals surface area contributed by atoms with Gasteiger partial charge in [-0.2, -0.15) is 0 Å². The van der Waals surface area contributed by atoms with Crippen molar-refractivity contribution in [1.82, 2.24) is 10.2 Å². The summed E-state index contributed by atoms with van der Waals surface area (Å²) in [6.07, 6.45) is 2.25. The standard InChI is InChI=1S/C25H29Cl2FN4O2/c1-3-4-24(29)21(14-31-25(34)19-7-10-22(26)23(27)13-19)17(2)30-11-12-32(16-33)15-18-5-8-20(28)9-6-18/h5-10,13,16H,3-4,11-12,14-15,29H2,1-2H3,(H,31,34). The molecule has 9 heteroatoms. The minimum Gasteiger partial charge on any atom is -0.402 e. The van der Waals surface area contributed by atoms with Gasteiger partial charge in [0, 0.05) is 42.2 Å². The molecule has 2 amide bonds. The van der Waals surface area contributed by atoms with Crippen molar-refractivity contribution < 1.29 is 14.0 Å². The molecule has 6 nitrogen and oxygen atoms in total. The van der Waals surface area contributed by atoms with Crippen molar-refractivity contribution in [3.05, 3.63) is 80.7 Å². The molecule has 0 spiro atoms. The molecule has 0 aromatic heterocycles.